The number of hydrogen-bond acceptors (Lipinski definition) is 5. The van der Waals surface area contributed by atoms with Crippen molar-refractivity contribution in [3.05, 3.63) is 0 Å². The van der Waals surface area contributed by atoms with Crippen LogP contribution in [-0.2, 0) is 19.1 Å². The number of likely N-dealkylation sites (tertiary alicyclic amines) is 1. The number of alkyl carbamates (subject to hydrolysis) is 1. The Morgan fingerprint density at radius 3 is 2.28 bits per heavy atom. The van der Waals surface area contributed by atoms with Crippen LogP contribution in [0.4, 0.5) is 4.79 Å². The fourth-order valence-corrected chi connectivity index (χ4v) is 5.37. The first-order valence-corrected chi connectivity index (χ1v) is 10.8. The first kappa shape index (κ1) is 21.9. The topological polar surface area (TPSA) is 84.9 Å². The van der Waals surface area contributed by atoms with E-state index in [9.17, 15) is 14.4 Å². The molecule has 3 rings (SSSR count). The minimum absolute atomic E-state index is 0.0363. The standard InChI is InChI=1S/C22H36N2O5/c1-21(2,3)29-20(27)23-16(13-10-8-7-9-11-13)18(25)24-12-14-15(22(14,4)5)17(24)19(26)28-6/h13-17H,7-12H2,1-6H3,(H,23,27)/t14-,15-,16-,17-/m0/s1. The lowest BCUT2D eigenvalue weighted by Gasteiger charge is -2.36. The number of nitrogens with zero attached hydrogens (tertiary/aromatic N) is 1. The fraction of sp³-hybridized carbons (Fsp3) is 0.864. The Kier molecular flexibility index (Phi) is 5.89. The number of nitrogens with one attached hydrogen (secondary N) is 1. The van der Waals surface area contributed by atoms with E-state index in [2.05, 4.69) is 19.2 Å². The largest absolute Gasteiger partial charge is 0.467 e. The van der Waals surface area contributed by atoms with Crippen molar-refractivity contribution in [2.75, 3.05) is 13.7 Å². The number of ether oxygens (including phenoxy) is 2. The highest BCUT2D eigenvalue weighted by Crippen LogP contribution is 2.65. The van der Waals surface area contributed by atoms with Gasteiger partial charge in [-0.3, -0.25) is 4.79 Å². The molecule has 1 N–H and O–H groups in total. The van der Waals surface area contributed by atoms with E-state index in [1.165, 1.54) is 7.11 Å². The quantitative estimate of drug-likeness (QED) is 0.723. The van der Waals surface area contributed by atoms with Gasteiger partial charge in [-0.2, -0.15) is 0 Å². The van der Waals surface area contributed by atoms with Crippen LogP contribution in [0.2, 0.25) is 0 Å². The molecule has 4 atom stereocenters. The zero-order valence-corrected chi connectivity index (χ0v) is 18.6. The monoisotopic (exact) mass is 408 g/mol. The van der Waals surface area contributed by atoms with Crippen molar-refractivity contribution in [1.29, 1.82) is 0 Å². The third kappa shape index (κ3) is 4.38. The van der Waals surface area contributed by atoms with Crippen LogP contribution in [0.1, 0.15) is 66.7 Å². The molecule has 2 amide bonds. The number of fused-ring (bicyclic) bond motifs is 1. The third-order valence-electron chi connectivity index (χ3n) is 6.99. The minimum Gasteiger partial charge on any atom is -0.467 e. The Morgan fingerprint density at radius 2 is 1.72 bits per heavy atom. The molecule has 164 valence electrons. The van der Waals surface area contributed by atoms with Crippen LogP contribution in [0, 0.1) is 23.2 Å². The molecule has 0 bridgehead atoms. The molecule has 1 heterocycles. The highest BCUT2D eigenvalue weighted by Gasteiger charge is 2.70. The zero-order chi connectivity index (χ0) is 21.6. The highest BCUT2D eigenvalue weighted by molar-refractivity contribution is 5.91. The molecule has 2 saturated carbocycles. The summed E-state index contributed by atoms with van der Waals surface area (Å²) in [6.07, 6.45) is 4.44. The second-order valence-electron chi connectivity index (χ2n) is 10.4. The van der Waals surface area contributed by atoms with Crippen molar-refractivity contribution in [2.24, 2.45) is 23.2 Å². The molecule has 0 aromatic rings. The van der Waals surface area contributed by atoms with Crippen LogP contribution >= 0.6 is 0 Å². The van der Waals surface area contributed by atoms with E-state index in [4.69, 9.17) is 9.47 Å². The van der Waals surface area contributed by atoms with Gasteiger partial charge in [0.25, 0.3) is 0 Å². The lowest BCUT2D eigenvalue weighted by atomic mass is 9.83. The molecule has 1 aliphatic heterocycles. The molecule has 0 unspecified atom stereocenters. The summed E-state index contributed by atoms with van der Waals surface area (Å²) in [5.41, 5.74) is -0.605. The zero-order valence-electron chi connectivity index (χ0n) is 18.6. The number of esters is 1. The van der Waals surface area contributed by atoms with E-state index in [1.54, 1.807) is 25.7 Å². The van der Waals surface area contributed by atoms with E-state index < -0.39 is 23.8 Å². The van der Waals surface area contributed by atoms with Crippen LogP contribution in [0.15, 0.2) is 0 Å². The molecule has 0 aromatic heterocycles. The van der Waals surface area contributed by atoms with E-state index in [-0.39, 0.29) is 29.1 Å². The minimum atomic E-state index is -0.669. The molecule has 29 heavy (non-hydrogen) atoms. The number of amides is 2. The molecule has 0 radical (unpaired) electrons. The van der Waals surface area contributed by atoms with Gasteiger partial charge in [0, 0.05) is 12.5 Å². The van der Waals surface area contributed by atoms with Gasteiger partial charge >= 0.3 is 12.1 Å². The molecule has 0 spiro atoms. The molecular formula is C22H36N2O5. The summed E-state index contributed by atoms with van der Waals surface area (Å²) in [6, 6.07) is -1.24. The predicted molar refractivity (Wildman–Crippen MR) is 108 cm³/mol. The molecular weight excluding hydrogens is 372 g/mol. The number of carbonyl (C=O) groups is 3. The summed E-state index contributed by atoms with van der Waals surface area (Å²) in [5.74, 6) is -0.0687. The van der Waals surface area contributed by atoms with Crippen molar-refractivity contribution in [2.45, 2.75) is 84.4 Å². The Morgan fingerprint density at radius 1 is 1.10 bits per heavy atom. The molecule has 3 fully saturated rings. The Balaban J connectivity index is 1.80. The predicted octanol–water partition coefficient (Wildman–Crippen LogP) is 3.12. The summed E-state index contributed by atoms with van der Waals surface area (Å²) in [6.45, 7) is 10.2. The Bertz CT molecular complexity index is 663. The Hall–Kier alpha value is -1.79. The van der Waals surface area contributed by atoms with Gasteiger partial charge in [-0.1, -0.05) is 33.1 Å². The second kappa shape index (κ2) is 7.80. The van der Waals surface area contributed by atoms with Crippen molar-refractivity contribution in [1.82, 2.24) is 10.2 Å². The smallest absolute Gasteiger partial charge is 0.408 e. The van der Waals surface area contributed by atoms with Gasteiger partial charge < -0.3 is 19.7 Å². The van der Waals surface area contributed by atoms with E-state index >= 15 is 0 Å². The van der Waals surface area contributed by atoms with Gasteiger partial charge in [-0.15, -0.1) is 0 Å². The van der Waals surface area contributed by atoms with Gasteiger partial charge in [-0.05, 0) is 50.9 Å². The third-order valence-corrected chi connectivity index (χ3v) is 6.99. The highest BCUT2D eigenvalue weighted by atomic mass is 16.6. The van der Waals surface area contributed by atoms with Gasteiger partial charge in [0.15, 0.2) is 0 Å². The van der Waals surface area contributed by atoms with Crippen molar-refractivity contribution >= 4 is 18.0 Å². The van der Waals surface area contributed by atoms with Crippen LogP contribution in [0.5, 0.6) is 0 Å². The maximum Gasteiger partial charge on any atom is 0.408 e. The normalized spacial score (nSPS) is 29.6. The van der Waals surface area contributed by atoms with Crippen LogP contribution < -0.4 is 5.32 Å². The number of rotatable bonds is 4. The summed E-state index contributed by atoms with van der Waals surface area (Å²) in [4.78, 5) is 40.3. The fourth-order valence-electron chi connectivity index (χ4n) is 5.37. The molecule has 7 nitrogen and oxygen atoms in total. The summed E-state index contributed by atoms with van der Waals surface area (Å²) in [5, 5.41) is 2.84. The molecule has 7 heteroatoms. The van der Waals surface area contributed by atoms with Gasteiger partial charge in [0.05, 0.1) is 7.11 Å². The van der Waals surface area contributed by atoms with E-state index in [0.717, 1.165) is 32.1 Å². The Labute approximate surface area is 173 Å². The van der Waals surface area contributed by atoms with Gasteiger partial charge in [-0.25, -0.2) is 9.59 Å². The average Bonchev–Trinajstić information content (AvgIpc) is 3.00. The lowest BCUT2D eigenvalue weighted by molar-refractivity contribution is -0.154. The molecule has 0 aromatic carbocycles. The lowest BCUT2D eigenvalue weighted by Crippen LogP contribution is -2.57. The summed E-state index contributed by atoms with van der Waals surface area (Å²) >= 11 is 0. The summed E-state index contributed by atoms with van der Waals surface area (Å²) < 4.78 is 10.5. The summed E-state index contributed by atoms with van der Waals surface area (Å²) in [7, 11) is 1.37. The number of methoxy groups -OCH3 is 1. The SMILES string of the molecule is COC(=O)[C@@H]1[C@@H]2[C@H](CN1C(=O)[C@@H](NC(=O)OC(C)(C)C)C1CCCCC1)C2(C)C. The van der Waals surface area contributed by atoms with Crippen LogP contribution in [0.25, 0.3) is 0 Å². The van der Waals surface area contributed by atoms with E-state index in [0.29, 0.717) is 12.5 Å². The number of hydrogen-bond donors (Lipinski definition) is 1. The first-order chi connectivity index (χ1) is 13.5. The maximum absolute atomic E-state index is 13.6. The van der Waals surface area contributed by atoms with Gasteiger partial charge in [0.1, 0.15) is 17.7 Å². The van der Waals surface area contributed by atoms with Crippen LogP contribution in [0.3, 0.4) is 0 Å². The van der Waals surface area contributed by atoms with E-state index in [1.807, 2.05) is 0 Å². The second-order valence-corrected chi connectivity index (χ2v) is 10.4. The van der Waals surface area contributed by atoms with Crippen molar-refractivity contribution in [3.8, 4) is 0 Å². The average molecular weight is 409 g/mol. The number of piperidine rings is 1. The van der Waals surface area contributed by atoms with Crippen molar-refractivity contribution < 1.29 is 23.9 Å². The maximum atomic E-state index is 13.6. The molecule has 1 saturated heterocycles. The molecule has 3 aliphatic rings. The first-order valence-electron chi connectivity index (χ1n) is 10.8. The molecule has 2 aliphatic carbocycles. The van der Waals surface area contributed by atoms with Crippen LogP contribution in [-0.4, -0.2) is 54.2 Å². The van der Waals surface area contributed by atoms with Crippen molar-refractivity contribution in [3.63, 3.8) is 0 Å². The number of carbonyl (C=O) groups excluding carboxylic acids is 3. The van der Waals surface area contributed by atoms with Gasteiger partial charge in [0.2, 0.25) is 5.91 Å².